The van der Waals surface area contributed by atoms with Crippen molar-refractivity contribution in [2.24, 2.45) is 0 Å². The van der Waals surface area contributed by atoms with Gasteiger partial charge in [-0.3, -0.25) is 9.48 Å². The lowest BCUT2D eigenvalue weighted by molar-refractivity contribution is -0.138. The highest BCUT2D eigenvalue weighted by Gasteiger charge is 2.36. The fourth-order valence-electron chi connectivity index (χ4n) is 2.00. The number of aliphatic hydroxyl groups is 1. The van der Waals surface area contributed by atoms with Gasteiger partial charge in [0.05, 0.1) is 35.8 Å². The molecule has 0 aliphatic heterocycles. The number of hydrogen-bond acceptors (Lipinski definition) is 6. The summed E-state index contributed by atoms with van der Waals surface area (Å²) in [6, 6.07) is 3.71. The molecule has 0 bridgehead atoms. The highest BCUT2D eigenvalue weighted by atomic mass is 19.4. The summed E-state index contributed by atoms with van der Waals surface area (Å²) < 4.78 is 39.9. The topological polar surface area (TPSA) is 128 Å². The first-order valence-electron chi connectivity index (χ1n) is 7.00. The second kappa shape index (κ2) is 6.82. The van der Waals surface area contributed by atoms with Crippen LogP contribution in [-0.2, 0) is 17.5 Å². The van der Waals surface area contributed by atoms with E-state index < -0.39 is 28.9 Å². The number of pyridine rings is 1. The first kappa shape index (κ1) is 18.9. The Morgan fingerprint density at radius 2 is 2.04 bits per heavy atom. The van der Waals surface area contributed by atoms with E-state index in [1.807, 2.05) is 6.07 Å². The molecule has 0 spiro atoms. The van der Waals surface area contributed by atoms with Crippen LogP contribution < -0.4 is 5.32 Å². The third kappa shape index (κ3) is 4.15. The molecule has 0 aliphatic carbocycles. The lowest BCUT2D eigenvalue weighted by atomic mass is 10.1. The minimum atomic E-state index is -4.83. The third-order valence-electron chi connectivity index (χ3n) is 3.28. The Bertz CT molecular complexity index is 921. The molecule has 0 saturated carbocycles. The number of hydrogen-bond donors (Lipinski definition) is 2. The minimum Gasteiger partial charge on any atom is -0.378 e. The molecule has 0 radical (unpaired) electrons. The maximum absolute atomic E-state index is 12.9. The van der Waals surface area contributed by atoms with Gasteiger partial charge in [-0.25, -0.2) is 4.98 Å². The van der Waals surface area contributed by atoms with E-state index in [4.69, 9.17) is 10.5 Å². The molecule has 134 valence electrons. The smallest absolute Gasteiger partial charge is 0.378 e. The second-order valence-corrected chi connectivity index (χ2v) is 5.50. The molecule has 2 rings (SSSR count). The maximum atomic E-state index is 12.9. The number of nitrogens with zero attached hydrogens (tertiary/aromatic N) is 5. The predicted octanol–water partition coefficient (Wildman–Crippen LogP) is 1.43. The number of amides is 1. The number of rotatable bonds is 4. The van der Waals surface area contributed by atoms with Gasteiger partial charge in [-0.1, -0.05) is 0 Å². The Kier molecular flexibility index (Phi) is 4.95. The third-order valence-corrected chi connectivity index (χ3v) is 3.28. The van der Waals surface area contributed by atoms with Gasteiger partial charge in [-0.15, -0.1) is 0 Å². The summed E-state index contributed by atoms with van der Waals surface area (Å²) in [4.78, 5) is 15.6. The molecule has 0 aromatic carbocycles. The van der Waals surface area contributed by atoms with E-state index in [-0.39, 0.29) is 17.8 Å². The van der Waals surface area contributed by atoms with Crippen molar-refractivity contribution < 1.29 is 23.1 Å². The van der Waals surface area contributed by atoms with E-state index in [9.17, 15) is 23.1 Å². The number of halogens is 3. The van der Waals surface area contributed by atoms with Crippen LogP contribution in [0.1, 0.15) is 23.7 Å². The van der Waals surface area contributed by atoms with Gasteiger partial charge in [-0.05, 0) is 13.0 Å². The summed E-state index contributed by atoms with van der Waals surface area (Å²) in [5, 5.41) is 33.6. The fraction of sp³-hybridized carbons (Fsp3) is 0.267. The first-order chi connectivity index (χ1) is 12.1. The number of anilines is 1. The van der Waals surface area contributed by atoms with E-state index in [1.165, 1.54) is 18.5 Å². The molecule has 2 heterocycles. The number of aromatic nitrogens is 3. The van der Waals surface area contributed by atoms with Crippen LogP contribution in [0.5, 0.6) is 0 Å². The first-order valence-corrected chi connectivity index (χ1v) is 7.00. The maximum Gasteiger partial charge on any atom is 0.419 e. The molecule has 0 fully saturated rings. The summed E-state index contributed by atoms with van der Waals surface area (Å²) in [5.74, 6) is -1.01. The number of nitriles is 2. The highest BCUT2D eigenvalue weighted by molar-refractivity contribution is 5.96. The van der Waals surface area contributed by atoms with Gasteiger partial charge in [0, 0.05) is 6.20 Å². The zero-order chi connectivity index (χ0) is 19.5. The zero-order valence-corrected chi connectivity index (χ0v) is 13.2. The van der Waals surface area contributed by atoms with Gasteiger partial charge in [0.1, 0.15) is 12.1 Å². The molecule has 1 amide bonds. The Morgan fingerprint density at radius 3 is 2.58 bits per heavy atom. The second-order valence-electron chi connectivity index (χ2n) is 5.50. The summed E-state index contributed by atoms with van der Waals surface area (Å²) >= 11 is 0. The molecule has 2 N–H and O–H groups in total. The molecule has 2 aromatic rings. The highest BCUT2D eigenvalue weighted by Crippen LogP contribution is 2.32. The zero-order valence-electron chi connectivity index (χ0n) is 13.2. The van der Waals surface area contributed by atoms with Crippen molar-refractivity contribution in [2.75, 3.05) is 5.32 Å². The van der Waals surface area contributed by atoms with Crippen LogP contribution in [0, 0.1) is 22.7 Å². The SMILES string of the molecule is CC(O)(Cn1cc(C#N)cn1)C(=O)Nc1cnc(C#N)c(C(F)(F)F)c1. The van der Waals surface area contributed by atoms with Crippen LogP contribution in [-0.4, -0.2) is 31.4 Å². The van der Waals surface area contributed by atoms with Crippen LogP contribution in [0.15, 0.2) is 24.7 Å². The number of carbonyl (C=O) groups excluding carboxylic acids is 1. The fourth-order valence-corrected chi connectivity index (χ4v) is 2.00. The molecule has 8 nitrogen and oxygen atoms in total. The van der Waals surface area contributed by atoms with Crippen molar-refractivity contribution in [3.8, 4) is 12.1 Å². The lowest BCUT2D eigenvalue weighted by Crippen LogP contribution is -2.43. The van der Waals surface area contributed by atoms with Crippen molar-refractivity contribution >= 4 is 11.6 Å². The average Bonchev–Trinajstić information content (AvgIpc) is 3.00. The van der Waals surface area contributed by atoms with Crippen LogP contribution in [0.25, 0.3) is 0 Å². The quantitative estimate of drug-likeness (QED) is 0.845. The predicted molar refractivity (Wildman–Crippen MR) is 80.1 cm³/mol. The van der Waals surface area contributed by atoms with Gasteiger partial charge in [0.25, 0.3) is 5.91 Å². The lowest BCUT2D eigenvalue weighted by Gasteiger charge is -2.22. The average molecular weight is 364 g/mol. The summed E-state index contributed by atoms with van der Waals surface area (Å²) in [6.45, 7) is 0.800. The van der Waals surface area contributed by atoms with E-state index in [1.54, 1.807) is 0 Å². The largest absolute Gasteiger partial charge is 0.419 e. The summed E-state index contributed by atoms with van der Waals surface area (Å²) in [7, 11) is 0. The molecular formula is C15H11F3N6O2. The van der Waals surface area contributed by atoms with Crippen LogP contribution >= 0.6 is 0 Å². The Morgan fingerprint density at radius 1 is 1.35 bits per heavy atom. The van der Waals surface area contributed by atoms with Crippen LogP contribution in [0.4, 0.5) is 18.9 Å². The van der Waals surface area contributed by atoms with Gasteiger partial charge in [-0.2, -0.15) is 28.8 Å². The summed E-state index contributed by atoms with van der Waals surface area (Å²) in [6.07, 6.45) is -1.42. The van der Waals surface area contributed by atoms with Crippen molar-refractivity contribution in [3.05, 3.63) is 41.5 Å². The minimum absolute atomic E-state index is 0.215. The normalized spacial score (nSPS) is 13.3. The Labute approximate surface area is 145 Å². The summed E-state index contributed by atoms with van der Waals surface area (Å²) in [5.41, 5.74) is -4.29. The van der Waals surface area contributed by atoms with Gasteiger partial charge in [0.15, 0.2) is 11.3 Å². The van der Waals surface area contributed by atoms with Gasteiger partial charge >= 0.3 is 6.18 Å². The van der Waals surface area contributed by atoms with E-state index in [0.29, 0.717) is 6.07 Å². The van der Waals surface area contributed by atoms with E-state index >= 15 is 0 Å². The molecule has 2 aromatic heterocycles. The molecule has 0 aliphatic rings. The van der Waals surface area contributed by atoms with Gasteiger partial charge in [0.2, 0.25) is 0 Å². The Hall–Kier alpha value is -3.44. The monoisotopic (exact) mass is 364 g/mol. The van der Waals surface area contributed by atoms with Crippen LogP contribution in [0.2, 0.25) is 0 Å². The molecule has 1 unspecified atom stereocenters. The molecule has 0 saturated heterocycles. The van der Waals surface area contributed by atoms with Crippen molar-refractivity contribution in [1.29, 1.82) is 10.5 Å². The Balaban J connectivity index is 2.20. The standard InChI is InChI=1S/C15H11F3N6O2/c1-14(26,8-24-7-9(3-19)5-22-24)13(25)23-10-2-11(15(16,17)18)12(4-20)21-6-10/h2,5-7,26H,8H2,1H3,(H,23,25). The van der Waals surface area contributed by atoms with E-state index in [0.717, 1.165) is 17.8 Å². The number of nitrogens with one attached hydrogen (secondary N) is 1. The number of alkyl halides is 3. The molecule has 1 atom stereocenters. The van der Waals surface area contributed by atoms with E-state index in [2.05, 4.69) is 15.4 Å². The van der Waals surface area contributed by atoms with Crippen molar-refractivity contribution in [3.63, 3.8) is 0 Å². The van der Waals surface area contributed by atoms with Crippen molar-refractivity contribution in [2.45, 2.75) is 25.2 Å². The van der Waals surface area contributed by atoms with Gasteiger partial charge < -0.3 is 10.4 Å². The van der Waals surface area contributed by atoms with Crippen molar-refractivity contribution in [1.82, 2.24) is 14.8 Å². The molecule has 26 heavy (non-hydrogen) atoms. The number of carbonyl (C=O) groups is 1. The molecule has 11 heteroatoms. The van der Waals surface area contributed by atoms with Crippen LogP contribution in [0.3, 0.4) is 0 Å². The molecular weight excluding hydrogens is 353 g/mol.